The molecule has 0 atom stereocenters. The van der Waals surface area contributed by atoms with E-state index in [1.807, 2.05) is 0 Å². The van der Waals surface area contributed by atoms with Crippen molar-refractivity contribution in [2.45, 2.75) is 6.92 Å². The molecule has 0 aliphatic heterocycles. The Kier molecular flexibility index (Phi) is 3.10. The minimum atomic E-state index is -1.22. The molecule has 0 amide bonds. The van der Waals surface area contributed by atoms with Crippen molar-refractivity contribution in [1.29, 1.82) is 0 Å². The van der Waals surface area contributed by atoms with Gasteiger partial charge in [0.1, 0.15) is 11.6 Å². The minimum Gasteiger partial charge on any atom is -0.478 e. The van der Waals surface area contributed by atoms with Crippen molar-refractivity contribution in [2.24, 2.45) is 0 Å². The van der Waals surface area contributed by atoms with E-state index in [-0.39, 0.29) is 16.7 Å². The molecule has 2 nitrogen and oxygen atoms in total. The van der Waals surface area contributed by atoms with Crippen molar-refractivity contribution >= 4 is 5.97 Å². The first-order valence-corrected chi connectivity index (χ1v) is 5.28. The molecule has 0 aliphatic carbocycles. The molecule has 4 heteroatoms. The number of hydrogen-bond acceptors (Lipinski definition) is 1. The van der Waals surface area contributed by atoms with Gasteiger partial charge in [-0.15, -0.1) is 0 Å². The second-order valence-corrected chi connectivity index (χ2v) is 3.98. The van der Waals surface area contributed by atoms with Crippen LogP contribution >= 0.6 is 0 Å². The molecule has 0 unspecified atom stereocenters. The Hall–Kier alpha value is -2.23. The number of rotatable bonds is 2. The monoisotopic (exact) mass is 248 g/mol. The van der Waals surface area contributed by atoms with Crippen LogP contribution in [0.25, 0.3) is 11.1 Å². The summed E-state index contributed by atoms with van der Waals surface area (Å²) >= 11 is 0. The molecule has 2 rings (SSSR count). The van der Waals surface area contributed by atoms with Crippen molar-refractivity contribution in [3.05, 3.63) is 59.2 Å². The van der Waals surface area contributed by atoms with Gasteiger partial charge >= 0.3 is 5.97 Å². The Morgan fingerprint density at radius 3 is 2.06 bits per heavy atom. The zero-order valence-corrected chi connectivity index (χ0v) is 9.58. The van der Waals surface area contributed by atoms with Gasteiger partial charge < -0.3 is 5.11 Å². The predicted molar refractivity (Wildman–Crippen MR) is 63.5 cm³/mol. The Labute approximate surface area is 103 Å². The number of aromatic carboxylic acids is 1. The van der Waals surface area contributed by atoms with Crippen molar-refractivity contribution in [1.82, 2.24) is 0 Å². The average Bonchev–Trinajstić information content (AvgIpc) is 2.30. The molecule has 0 saturated heterocycles. The molecule has 1 N–H and O–H groups in total. The third-order valence-electron chi connectivity index (χ3n) is 2.63. The zero-order chi connectivity index (χ0) is 13.3. The van der Waals surface area contributed by atoms with Crippen molar-refractivity contribution in [3.63, 3.8) is 0 Å². The summed E-state index contributed by atoms with van der Waals surface area (Å²) in [5.74, 6) is -2.50. The molecule has 0 heterocycles. The maximum atomic E-state index is 13.7. The van der Waals surface area contributed by atoms with E-state index in [1.165, 1.54) is 24.3 Å². The highest BCUT2D eigenvalue weighted by Gasteiger charge is 2.12. The molecule has 92 valence electrons. The number of benzene rings is 2. The summed E-state index contributed by atoms with van der Waals surface area (Å²) < 4.78 is 27.4. The highest BCUT2D eigenvalue weighted by atomic mass is 19.1. The molecule has 0 spiro atoms. The number of carboxylic acid groups (broad SMARTS) is 1. The van der Waals surface area contributed by atoms with Gasteiger partial charge in [-0.3, -0.25) is 0 Å². The zero-order valence-electron chi connectivity index (χ0n) is 9.58. The van der Waals surface area contributed by atoms with Crippen LogP contribution in [0.5, 0.6) is 0 Å². The third kappa shape index (κ3) is 2.22. The lowest BCUT2D eigenvalue weighted by Crippen LogP contribution is -1.98. The lowest BCUT2D eigenvalue weighted by atomic mass is 10.0. The molecule has 0 aromatic heterocycles. The van der Waals surface area contributed by atoms with Gasteiger partial charge in [0.05, 0.1) is 5.56 Å². The van der Waals surface area contributed by atoms with Gasteiger partial charge in [-0.05, 0) is 30.7 Å². The molecule has 0 fully saturated rings. The van der Waals surface area contributed by atoms with Crippen LogP contribution in [0.3, 0.4) is 0 Å². The van der Waals surface area contributed by atoms with Gasteiger partial charge in [0.25, 0.3) is 0 Å². The average molecular weight is 248 g/mol. The topological polar surface area (TPSA) is 37.3 Å². The van der Waals surface area contributed by atoms with Gasteiger partial charge in [0.15, 0.2) is 0 Å². The van der Waals surface area contributed by atoms with Crippen LogP contribution in [0.4, 0.5) is 8.78 Å². The predicted octanol–water partition coefficient (Wildman–Crippen LogP) is 3.64. The SMILES string of the molecule is Cc1ccc(-c2ccc(C(=O)O)cc2F)c(F)c1. The van der Waals surface area contributed by atoms with Crippen molar-refractivity contribution in [3.8, 4) is 11.1 Å². The van der Waals surface area contributed by atoms with Crippen LogP contribution in [-0.2, 0) is 0 Å². The second-order valence-electron chi connectivity index (χ2n) is 3.98. The molecule has 2 aromatic carbocycles. The van der Waals surface area contributed by atoms with Gasteiger partial charge in [0, 0.05) is 11.1 Å². The lowest BCUT2D eigenvalue weighted by molar-refractivity contribution is 0.0696. The largest absolute Gasteiger partial charge is 0.478 e. The van der Waals surface area contributed by atoms with E-state index >= 15 is 0 Å². The number of halogens is 2. The van der Waals surface area contributed by atoms with Crippen molar-refractivity contribution < 1.29 is 18.7 Å². The summed E-state index contributed by atoms with van der Waals surface area (Å²) in [4.78, 5) is 10.7. The molecule has 0 bridgehead atoms. The number of carboxylic acids is 1. The third-order valence-corrected chi connectivity index (χ3v) is 2.63. The standard InChI is InChI=1S/C14H10F2O2/c1-8-2-4-10(12(15)6-8)11-5-3-9(14(17)18)7-13(11)16/h2-7H,1H3,(H,17,18). The van der Waals surface area contributed by atoms with E-state index in [0.717, 1.165) is 11.6 Å². The highest BCUT2D eigenvalue weighted by Crippen LogP contribution is 2.26. The fourth-order valence-electron chi connectivity index (χ4n) is 1.71. The van der Waals surface area contributed by atoms with Gasteiger partial charge in [0.2, 0.25) is 0 Å². The summed E-state index contributed by atoms with van der Waals surface area (Å²) in [6, 6.07) is 7.86. The highest BCUT2D eigenvalue weighted by molar-refractivity contribution is 5.88. The van der Waals surface area contributed by atoms with Crippen LogP contribution in [0.15, 0.2) is 36.4 Å². The summed E-state index contributed by atoms with van der Waals surface area (Å²) in [5, 5.41) is 8.72. The Morgan fingerprint density at radius 1 is 1.00 bits per heavy atom. The molecule has 0 radical (unpaired) electrons. The second kappa shape index (κ2) is 4.56. The molecular weight excluding hydrogens is 238 g/mol. The first kappa shape index (κ1) is 12.2. The maximum Gasteiger partial charge on any atom is 0.335 e. The summed E-state index contributed by atoms with van der Waals surface area (Å²) in [6.07, 6.45) is 0. The van der Waals surface area contributed by atoms with E-state index < -0.39 is 17.6 Å². The van der Waals surface area contributed by atoms with Crippen LogP contribution in [-0.4, -0.2) is 11.1 Å². The summed E-state index contributed by atoms with van der Waals surface area (Å²) in [6.45, 7) is 1.73. The molecule has 2 aromatic rings. The van der Waals surface area contributed by atoms with Crippen LogP contribution < -0.4 is 0 Å². The number of hydrogen-bond donors (Lipinski definition) is 1. The summed E-state index contributed by atoms with van der Waals surface area (Å²) in [5.41, 5.74) is 0.745. The maximum absolute atomic E-state index is 13.7. The van der Waals surface area contributed by atoms with Gasteiger partial charge in [-0.1, -0.05) is 18.2 Å². The first-order valence-electron chi connectivity index (χ1n) is 5.28. The van der Waals surface area contributed by atoms with Crippen LogP contribution in [0.1, 0.15) is 15.9 Å². The number of carbonyl (C=O) groups is 1. The minimum absolute atomic E-state index is 0.0532. The van der Waals surface area contributed by atoms with E-state index in [0.29, 0.717) is 0 Å². The molecule has 18 heavy (non-hydrogen) atoms. The van der Waals surface area contributed by atoms with E-state index in [2.05, 4.69) is 0 Å². The van der Waals surface area contributed by atoms with E-state index in [1.54, 1.807) is 13.0 Å². The molecular formula is C14H10F2O2. The Morgan fingerprint density at radius 2 is 1.56 bits per heavy atom. The quantitative estimate of drug-likeness (QED) is 0.880. The van der Waals surface area contributed by atoms with E-state index in [4.69, 9.17) is 5.11 Å². The molecule has 0 aliphatic rings. The normalized spacial score (nSPS) is 10.4. The van der Waals surface area contributed by atoms with E-state index in [9.17, 15) is 13.6 Å². The van der Waals surface area contributed by atoms with Crippen LogP contribution in [0, 0.1) is 18.6 Å². The lowest BCUT2D eigenvalue weighted by Gasteiger charge is -2.06. The fourth-order valence-corrected chi connectivity index (χ4v) is 1.71. The van der Waals surface area contributed by atoms with Crippen LogP contribution in [0.2, 0.25) is 0 Å². The van der Waals surface area contributed by atoms with Gasteiger partial charge in [-0.25, -0.2) is 13.6 Å². The van der Waals surface area contributed by atoms with Crippen molar-refractivity contribution in [2.75, 3.05) is 0 Å². The Balaban J connectivity index is 2.54. The summed E-state index contributed by atoms with van der Waals surface area (Å²) in [7, 11) is 0. The first-order chi connectivity index (χ1) is 8.49. The fraction of sp³-hybridized carbons (Fsp3) is 0.0714. The number of aryl methyl sites for hydroxylation is 1. The smallest absolute Gasteiger partial charge is 0.335 e. The Bertz CT molecular complexity index is 621. The van der Waals surface area contributed by atoms with Gasteiger partial charge in [-0.2, -0.15) is 0 Å². The molecule has 0 saturated carbocycles.